The number of piperazine rings is 1. The van der Waals surface area contributed by atoms with Crippen molar-refractivity contribution in [1.82, 2.24) is 10.2 Å². The summed E-state index contributed by atoms with van der Waals surface area (Å²) in [5.41, 5.74) is 0.766. The van der Waals surface area contributed by atoms with Gasteiger partial charge in [0.1, 0.15) is 0 Å². The summed E-state index contributed by atoms with van der Waals surface area (Å²) in [6.07, 6.45) is 3.23. The van der Waals surface area contributed by atoms with Crippen LogP contribution in [-0.2, 0) is 4.79 Å². The molecule has 1 aliphatic heterocycles. The summed E-state index contributed by atoms with van der Waals surface area (Å²) < 4.78 is 4.96. The first kappa shape index (κ1) is 13.4. The van der Waals surface area contributed by atoms with E-state index in [1.54, 1.807) is 29.2 Å². The zero-order chi connectivity index (χ0) is 13.7. The number of nitrogens with zero attached hydrogens (tertiary/aromatic N) is 1. The molecule has 1 aromatic carbocycles. The minimum absolute atomic E-state index is 0.00296. The Hall–Kier alpha value is -2.01. The Morgan fingerprint density at radius 2 is 2.16 bits per heavy atom. The quantitative estimate of drug-likeness (QED) is 0.793. The first-order chi connectivity index (χ1) is 9.20. The van der Waals surface area contributed by atoms with Crippen molar-refractivity contribution in [1.29, 1.82) is 0 Å². The van der Waals surface area contributed by atoms with Gasteiger partial charge in [-0.2, -0.15) is 0 Å². The molecular formula is C14H18N2O3. The van der Waals surface area contributed by atoms with E-state index in [9.17, 15) is 9.90 Å². The maximum absolute atomic E-state index is 11.9. The summed E-state index contributed by atoms with van der Waals surface area (Å²) in [5, 5.41) is 12.8. The van der Waals surface area contributed by atoms with Gasteiger partial charge >= 0.3 is 0 Å². The van der Waals surface area contributed by atoms with Crippen molar-refractivity contribution < 1.29 is 14.6 Å². The highest BCUT2D eigenvalue weighted by atomic mass is 16.5. The van der Waals surface area contributed by atoms with Crippen LogP contribution in [-0.4, -0.2) is 49.2 Å². The molecule has 19 heavy (non-hydrogen) atoms. The molecule has 1 heterocycles. The highest BCUT2D eigenvalue weighted by Crippen LogP contribution is 2.26. The molecule has 0 atom stereocenters. The molecule has 0 spiro atoms. The molecule has 0 saturated carbocycles. The topological polar surface area (TPSA) is 61.8 Å². The van der Waals surface area contributed by atoms with E-state index in [2.05, 4.69) is 5.32 Å². The number of benzene rings is 1. The van der Waals surface area contributed by atoms with E-state index in [0.717, 1.165) is 31.7 Å². The SMILES string of the molecule is COc1ccc(C=CC(=O)N2CCNCC2)cc1O. The Bertz CT molecular complexity index is 480. The minimum Gasteiger partial charge on any atom is -0.504 e. The average molecular weight is 262 g/mol. The molecule has 1 amide bonds. The van der Waals surface area contributed by atoms with Crippen molar-refractivity contribution in [2.45, 2.75) is 0 Å². The lowest BCUT2D eigenvalue weighted by Crippen LogP contribution is -2.45. The largest absolute Gasteiger partial charge is 0.504 e. The monoisotopic (exact) mass is 262 g/mol. The predicted molar refractivity (Wildman–Crippen MR) is 73.1 cm³/mol. The van der Waals surface area contributed by atoms with E-state index < -0.39 is 0 Å². The number of carbonyl (C=O) groups excluding carboxylic acids is 1. The number of rotatable bonds is 3. The van der Waals surface area contributed by atoms with E-state index >= 15 is 0 Å². The van der Waals surface area contributed by atoms with Gasteiger partial charge in [0.25, 0.3) is 0 Å². The van der Waals surface area contributed by atoms with Crippen molar-refractivity contribution in [3.63, 3.8) is 0 Å². The zero-order valence-corrected chi connectivity index (χ0v) is 10.9. The molecule has 5 heteroatoms. The molecule has 0 unspecified atom stereocenters. The van der Waals surface area contributed by atoms with Crippen LogP contribution in [0.15, 0.2) is 24.3 Å². The van der Waals surface area contributed by atoms with Crippen LogP contribution >= 0.6 is 0 Å². The first-order valence-electron chi connectivity index (χ1n) is 6.25. The summed E-state index contributed by atoms with van der Waals surface area (Å²) in [5.74, 6) is 0.488. The second-order valence-electron chi connectivity index (χ2n) is 4.34. The fraction of sp³-hybridized carbons (Fsp3) is 0.357. The highest BCUT2D eigenvalue weighted by molar-refractivity contribution is 5.91. The third-order valence-electron chi connectivity index (χ3n) is 3.05. The number of hydrogen-bond donors (Lipinski definition) is 2. The smallest absolute Gasteiger partial charge is 0.246 e. The maximum Gasteiger partial charge on any atom is 0.246 e. The van der Waals surface area contributed by atoms with Crippen LogP contribution in [0.4, 0.5) is 0 Å². The number of carbonyl (C=O) groups is 1. The standard InChI is InChI=1S/C14H18N2O3/c1-19-13-4-2-11(10-12(13)17)3-5-14(18)16-8-6-15-7-9-16/h2-5,10,15,17H,6-9H2,1H3. The molecule has 1 aromatic rings. The molecule has 1 saturated heterocycles. The van der Waals surface area contributed by atoms with E-state index in [-0.39, 0.29) is 11.7 Å². The van der Waals surface area contributed by atoms with Crippen LogP contribution in [0.3, 0.4) is 0 Å². The van der Waals surface area contributed by atoms with Gasteiger partial charge in [0, 0.05) is 32.3 Å². The average Bonchev–Trinajstić information content (AvgIpc) is 2.46. The van der Waals surface area contributed by atoms with E-state index in [1.165, 1.54) is 13.2 Å². The summed E-state index contributed by atoms with van der Waals surface area (Å²) in [4.78, 5) is 13.7. The third kappa shape index (κ3) is 3.48. The van der Waals surface area contributed by atoms with Crippen molar-refractivity contribution in [2.75, 3.05) is 33.3 Å². The molecule has 5 nitrogen and oxygen atoms in total. The maximum atomic E-state index is 11.9. The van der Waals surface area contributed by atoms with Gasteiger partial charge in [0.05, 0.1) is 7.11 Å². The number of aromatic hydroxyl groups is 1. The Labute approximate surface area is 112 Å². The van der Waals surface area contributed by atoms with Crippen molar-refractivity contribution in [3.05, 3.63) is 29.8 Å². The normalized spacial score (nSPS) is 15.7. The first-order valence-corrected chi connectivity index (χ1v) is 6.25. The molecule has 102 valence electrons. The number of hydrogen-bond acceptors (Lipinski definition) is 4. The third-order valence-corrected chi connectivity index (χ3v) is 3.05. The van der Waals surface area contributed by atoms with Gasteiger partial charge in [-0.1, -0.05) is 6.07 Å². The van der Waals surface area contributed by atoms with Gasteiger partial charge in [0.15, 0.2) is 11.5 Å². The fourth-order valence-corrected chi connectivity index (χ4v) is 1.97. The van der Waals surface area contributed by atoms with Gasteiger partial charge in [-0.3, -0.25) is 4.79 Å². The summed E-state index contributed by atoms with van der Waals surface area (Å²) in [6, 6.07) is 5.03. The van der Waals surface area contributed by atoms with Crippen LogP contribution < -0.4 is 10.1 Å². The zero-order valence-electron chi connectivity index (χ0n) is 10.9. The molecule has 2 rings (SSSR count). The van der Waals surface area contributed by atoms with Crippen LogP contribution in [0.2, 0.25) is 0 Å². The number of phenolic OH excluding ortho intramolecular Hbond substituents is 1. The summed E-state index contributed by atoms with van der Waals surface area (Å²) in [6.45, 7) is 3.14. The van der Waals surface area contributed by atoms with Gasteiger partial charge < -0.3 is 20.1 Å². The van der Waals surface area contributed by atoms with Crippen molar-refractivity contribution in [2.24, 2.45) is 0 Å². The van der Waals surface area contributed by atoms with Crippen molar-refractivity contribution in [3.8, 4) is 11.5 Å². The number of ether oxygens (including phenoxy) is 1. The highest BCUT2D eigenvalue weighted by Gasteiger charge is 2.13. The molecule has 2 N–H and O–H groups in total. The predicted octanol–water partition coefficient (Wildman–Crippen LogP) is 0.846. The second-order valence-corrected chi connectivity index (χ2v) is 4.34. The molecule has 0 bridgehead atoms. The van der Waals surface area contributed by atoms with Crippen LogP contribution in [0.1, 0.15) is 5.56 Å². The number of methoxy groups -OCH3 is 1. The second kappa shape index (κ2) is 6.24. The molecule has 0 radical (unpaired) electrons. The lowest BCUT2D eigenvalue weighted by molar-refractivity contribution is -0.126. The fourth-order valence-electron chi connectivity index (χ4n) is 1.97. The number of amides is 1. The van der Waals surface area contributed by atoms with Gasteiger partial charge in [0.2, 0.25) is 5.91 Å². The van der Waals surface area contributed by atoms with Crippen LogP contribution in [0.25, 0.3) is 6.08 Å². The Morgan fingerprint density at radius 3 is 2.79 bits per heavy atom. The summed E-state index contributed by atoms with van der Waals surface area (Å²) >= 11 is 0. The molecular weight excluding hydrogens is 244 g/mol. The molecule has 0 aromatic heterocycles. The molecule has 0 aliphatic carbocycles. The van der Waals surface area contributed by atoms with E-state index in [0.29, 0.717) is 5.75 Å². The summed E-state index contributed by atoms with van der Waals surface area (Å²) in [7, 11) is 1.50. The number of phenols is 1. The minimum atomic E-state index is -0.00296. The van der Waals surface area contributed by atoms with Gasteiger partial charge in [-0.25, -0.2) is 0 Å². The Kier molecular flexibility index (Phi) is 4.41. The molecule has 1 aliphatic rings. The van der Waals surface area contributed by atoms with E-state index in [1.807, 2.05) is 0 Å². The van der Waals surface area contributed by atoms with Crippen LogP contribution in [0.5, 0.6) is 11.5 Å². The van der Waals surface area contributed by atoms with Crippen LogP contribution in [0, 0.1) is 0 Å². The van der Waals surface area contributed by atoms with E-state index in [4.69, 9.17) is 4.74 Å². The van der Waals surface area contributed by atoms with Crippen molar-refractivity contribution >= 4 is 12.0 Å². The lowest BCUT2D eigenvalue weighted by Gasteiger charge is -2.26. The lowest BCUT2D eigenvalue weighted by atomic mass is 10.2. The van der Waals surface area contributed by atoms with Gasteiger partial charge in [-0.05, 0) is 23.8 Å². The molecule has 1 fully saturated rings. The number of nitrogens with one attached hydrogen (secondary N) is 1. The van der Waals surface area contributed by atoms with Gasteiger partial charge in [-0.15, -0.1) is 0 Å². The Balaban J connectivity index is 2.01. The Morgan fingerprint density at radius 1 is 1.42 bits per heavy atom.